The Labute approximate surface area is 92.5 Å². The number of alkyl halides is 3. The second-order valence-electron chi connectivity index (χ2n) is 2.34. The molecule has 0 bridgehead atoms. The molecule has 0 unspecified atom stereocenters. The van der Waals surface area contributed by atoms with E-state index in [4.69, 9.17) is 34.8 Å². The highest BCUT2D eigenvalue weighted by Crippen LogP contribution is 2.26. The average molecular weight is 243 g/mol. The zero-order valence-electron chi connectivity index (χ0n) is 6.90. The molecule has 0 aliphatic rings. The number of rotatable bonds is 4. The van der Waals surface area contributed by atoms with Crippen molar-refractivity contribution in [3.8, 4) is 0 Å². The van der Waals surface area contributed by atoms with E-state index in [2.05, 4.69) is 18.5 Å². The van der Waals surface area contributed by atoms with E-state index in [0.717, 1.165) is 0 Å². The van der Waals surface area contributed by atoms with E-state index in [1.54, 1.807) is 12.2 Å². The van der Waals surface area contributed by atoms with Gasteiger partial charge >= 0.3 is 0 Å². The molecule has 2 nitrogen and oxygen atoms in total. The molecular weight excluding hydrogens is 232 g/mol. The first-order chi connectivity index (χ1) is 5.91. The molecule has 1 amide bonds. The maximum absolute atomic E-state index is 11.1. The van der Waals surface area contributed by atoms with Crippen LogP contribution in [-0.2, 0) is 4.79 Å². The van der Waals surface area contributed by atoms with Gasteiger partial charge in [0, 0.05) is 0 Å². The predicted molar refractivity (Wildman–Crippen MR) is 57.2 cm³/mol. The molecule has 0 aromatic carbocycles. The summed E-state index contributed by atoms with van der Waals surface area (Å²) in [6.45, 7) is 7.04. The molecule has 0 aromatic heterocycles. The van der Waals surface area contributed by atoms with E-state index in [9.17, 15) is 4.79 Å². The van der Waals surface area contributed by atoms with Gasteiger partial charge < -0.3 is 5.32 Å². The number of halogens is 3. The van der Waals surface area contributed by atoms with Crippen LogP contribution in [0.5, 0.6) is 0 Å². The Morgan fingerprint density at radius 3 is 2.31 bits per heavy atom. The summed E-state index contributed by atoms with van der Waals surface area (Å²) in [5.41, 5.74) is 0. The number of carbonyl (C=O) groups excluding carboxylic acids is 1. The third kappa shape index (κ3) is 5.19. The number of hydrogen-bond donors (Lipinski definition) is 1. The molecular formula is C8H10Cl3NO. The summed E-state index contributed by atoms with van der Waals surface area (Å²) in [6.07, 6.45) is 3.75. The smallest absolute Gasteiger partial charge is 0.272 e. The molecule has 1 atom stereocenters. The predicted octanol–water partition coefficient (Wildman–Crippen LogP) is 2.60. The topological polar surface area (TPSA) is 29.1 Å². The number of carbonyl (C=O) groups is 1. The minimum absolute atomic E-state index is 0.249. The van der Waals surface area contributed by atoms with E-state index >= 15 is 0 Å². The molecule has 0 saturated heterocycles. The van der Waals surface area contributed by atoms with E-state index in [1.807, 2.05) is 0 Å². The Hall–Kier alpha value is -0.180. The zero-order chi connectivity index (χ0) is 10.5. The van der Waals surface area contributed by atoms with Gasteiger partial charge in [-0.2, -0.15) is 0 Å². The maximum atomic E-state index is 11.1. The Bertz CT molecular complexity index is 210. The number of amides is 1. The van der Waals surface area contributed by atoms with Crippen LogP contribution in [0.25, 0.3) is 0 Å². The van der Waals surface area contributed by atoms with Crippen molar-refractivity contribution >= 4 is 40.7 Å². The molecule has 13 heavy (non-hydrogen) atoms. The van der Waals surface area contributed by atoms with E-state index < -0.39 is 9.70 Å². The van der Waals surface area contributed by atoms with Crippen molar-refractivity contribution in [3.05, 3.63) is 25.3 Å². The molecule has 0 aromatic rings. The lowest BCUT2D eigenvalue weighted by atomic mass is 10.2. The SMILES string of the molecule is C=CC[C@@H](C=C)NC(=O)C(Cl)(Cl)Cl. The molecule has 1 N–H and O–H groups in total. The van der Waals surface area contributed by atoms with Crippen molar-refractivity contribution in [2.75, 3.05) is 0 Å². The fourth-order valence-electron chi connectivity index (χ4n) is 0.644. The van der Waals surface area contributed by atoms with E-state index in [0.29, 0.717) is 6.42 Å². The van der Waals surface area contributed by atoms with E-state index in [-0.39, 0.29) is 6.04 Å². The van der Waals surface area contributed by atoms with Crippen molar-refractivity contribution in [2.45, 2.75) is 16.3 Å². The summed E-state index contributed by atoms with van der Waals surface area (Å²) in [6, 6.07) is -0.249. The number of hydrogen-bond acceptors (Lipinski definition) is 1. The zero-order valence-corrected chi connectivity index (χ0v) is 9.16. The minimum atomic E-state index is -1.93. The molecule has 74 valence electrons. The lowest BCUT2D eigenvalue weighted by Gasteiger charge is -2.16. The third-order valence-corrected chi connectivity index (χ3v) is 1.79. The van der Waals surface area contributed by atoms with Crippen LogP contribution >= 0.6 is 34.8 Å². The summed E-state index contributed by atoms with van der Waals surface area (Å²) in [5, 5.41) is 2.48. The summed E-state index contributed by atoms with van der Waals surface area (Å²) in [4.78, 5) is 11.1. The van der Waals surface area contributed by atoms with Gasteiger partial charge in [0.1, 0.15) is 0 Å². The van der Waals surface area contributed by atoms with Crippen molar-refractivity contribution in [1.29, 1.82) is 0 Å². The highest BCUT2D eigenvalue weighted by Gasteiger charge is 2.31. The molecule has 0 aliphatic heterocycles. The molecule has 0 spiro atoms. The lowest BCUT2D eigenvalue weighted by molar-refractivity contribution is -0.120. The largest absolute Gasteiger partial charge is 0.346 e. The Morgan fingerprint density at radius 2 is 2.00 bits per heavy atom. The minimum Gasteiger partial charge on any atom is -0.346 e. The molecule has 0 heterocycles. The van der Waals surface area contributed by atoms with Crippen LogP contribution < -0.4 is 5.32 Å². The van der Waals surface area contributed by atoms with Gasteiger partial charge in [-0.3, -0.25) is 4.79 Å². The fraction of sp³-hybridized carbons (Fsp3) is 0.375. The van der Waals surface area contributed by atoms with E-state index in [1.165, 1.54) is 0 Å². The van der Waals surface area contributed by atoms with Crippen molar-refractivity contribution in [2.24, 2.45) is 0 Å². The summed E-state index contributed by atoms with van der Waals surface area (Å²) in [7, 11) is 0. The van der Waals surface area contributed by atoms with Gasteiger partial charge in [0.05, 0.1) is 6.04 Å². The Kier molecular flexibility index (Phi) is 5.45. The Balaban J connectivity index is 4.16. The molecule has 0 aliphatic carbocycles. The Morgan fingerprint density at radius 1 is 1.46 bits per heavy atom. The van der Waals surface area contributed by atoms with Gasteiger partial charge in [0.2, 0.25) is 0 Å². The quantitative estimate of drug-likeness (QED) is 0.596. The van der Waals surface area contributed by atoms with Gasteiger partial charge in [0.15, 0.2) is 0 Å². The lowest BCUT2D eigenvalue weighted by Crippen LogP contribution is -2.40. The average Bonchev–Trinajstić information content (AvgIpc) is 2.01. The second kappa shape index (κ2) is 5.53. The maximum Gasteiger partial charge on any atom is 0.272 e. The monoisotopic (exact) mass is 241 g/mol. The molecule has 0 rings (SSSR count). The van der Waals surface area contributed by atoms with Crippen LogP contribution in [0.2, 0.25) is 0 Å². The van der Waals surface area contributed by atoms with Crippen LogP contribution in [0.4, 0.5) is 0 Å². The summed E-state index contributed by atoms with van der Waals surface area (Å²) in [5.74, 6) is -0.663. The van der Waals surface area contributed by atoms with Crippen molar-refractivity contribution in [3.63, 3.8) is 0 Å². The second-order valence-corrected chi connectivity index (χ2v) is 4.62. The molecule has 0 saturated carbocycles. The standard InChI is InChI=1S/C8H10Cl3NO/c1-3-5-6(4-2)12-7(13)8(9,10)11/h3-4,6H,1-2,5H2,(H,12,13)/t6-/m1/s1. The number of nitrogens with one attached hydrogen (secondary N) is 1. The first kappa shape index (κ1) is 12.8. The van der Waals surface area contributed by atoms with Gasteiger partial charge in [-0.25, -0.2) is 0 Å². The normalized spacial score (nSPS) is 13.2. The summed E-state index contributed by atoms with van der Waals surface area (Å²) < 4.78 is -1.93. The van der Waals surface area contributed by atoms with Gasteiger partial charge in [0.25, 0.3) is 9.70 Å². The van der Waals surface area contributed by atoms with Crippen molar-refractivity contribution in [1.82, 2.24) is 5.32 Å². The van der Waals surface area contributed by atoms with Crippen LogP contribution in [-0.4, -0.2) is 15.7 Å². The van der Waals surface area contributed by atoms with Crippen LogP contribution in [0.1, 0.15) is 6.42 Å². The highest BCUT2D eigenvalue weighted by molar-refractivity contribution is 6.76. The van der Waals surface area contributed by atoms with Gasteiger partial charge in [-0.15, -0.1) is 13.2 Å². The summed E-state index contributed by atoms with van der Waals surface area (Å²) >= 11 is 16.0. The molecule has 5 heteroatoms. The first-order valence-electron chi connectivity index (χ1n) is 3.53. The van der Waals surface area contributed by atoms with Crippen LogP contribution in [0.3, 0.4) is 0 Å². The fourth-order valence-corrected chi connectivity index (χ4v) is 0.808. The van der Waals surface area contributed by atoms with Crippen LogP contribution in [0, 0.1) is 0 Å². The molecule has 0 radical (unpaired) electrons. The third-order valence-electron chi connectivity index (χ3n) is 1.28. The van der Waals surface area contributed by atoms with Crippen LogP contribution in [0.15, 0.2) is 25.3 Å². The van der Waals surface area contributed by atoms with Gasteiger partial charge in [-0.1, -0.05) is 47.0 Å². The highest BCUT2D eigenvalue weighted by atomic mass is 35.6. The van der Waals surface area contributed by atoms with Crippen molar-refractivity contribution < 1.29 is 4.79 Å². The molecule has 0 fully saturated rings. The van der Waals surface area contributed by atoms with Gasteiger partial charge in [-0.05, 0) is 6.42 Å². The first-order valence-corrected chi connectivity index (χ1v) is 4.66.